The zero-order valence-corrected chi connectivity index (χ0v) is 9.02. The van der Waals surface area contributed by atoms with Crippen molar-refractivity contribution in [3.63, 3.8) is 0 Å². The van der Waals surface area contributed by atoms with E-state index in [9.17, 15) is 4.79 Å². The number of rotatable bonds is 1. The van der Waals surface area contributed by atoms with E-state index in [1.807, 2.05) is 0 Å². The van der Waals surface area contributed by atoms with Crippen LogP contribution in [-0.4, -0.2) is 11.6 Å². The second kappa shape index (κ2) is 5.06. The molecule has 1 rings (SSSR count). The average molecular weight is 258 g/mol. The standard InChI is InChI=1S/C10H6BrClO/c11-6-2-4-9-8(7-13)3-1-5-10(9)12/h1,3,5,7H,6H2. The van der Waals surface area contributed by atoms with E-state index < -0.39 is 0 Å². The SMILES string of the molecule is O=Cc1cccc(Cl)c1C#CCBr. The zero-order chi connectivity index (χ0) is 9.68. The lowest BCUT2D eigenvalue weighted by atomic mass is 10.1. The molecule has 0 saturated heterocycles. The Morgan fingerprint density at radius 3 is 2.92 bits per heavy atom. The van der Waals surface area contributed by atoms with Crippen LogP contribution in [0.25, 0.3) is 0 Å². The van der Waals surface area contributed by atoms with Gasteiger partial charge in [-0.05, 0) is 6.07 Å². The first-order chi connectivity index (χ1) is 6.29. The third-order valence-corrected chi connectivity index (χ3v) is 2.05. The lowest BCUT2D eigenvalue weighted by Crippen LogP contribution is -1.87. The number of alkyl halides is 1. The Morgan fingerprint density at radius 1 is 1.54 bits per heavy atom. The summed E-state index contributed by atoms with van der Waals surface area (Å²) < 4.78 is 0. The van der Waals surface area contributed by atoms with Crippen LogP contribution < -0.4 is 0 Å². The minimum atomic E-state index is 0.512. The van der Waals surface area contributed by atoms with Crippen molar-refractivity contribution in [1.82, 2.24) is 0 Å². The van der Waals surface area contributed by atoms with E-state index in [1.165, 1.54) is 0 Å². The molecule has 0 N–H and O–H groups in total. The fourth-order valence-electron chi connectivity index (χ4n) is 0.893. The summed E-state index contributed by atoms with van der Waals surface area (Å²) in [6, 6.07) is 5.13. The second-order valence-electron chi connectivity index (χ2n) is 2.26. The molecule has 0 amide bonds. The molecule has 66 valence electrons. The van der Waals surface area contributed by atoms with Crippen molar-refractivity contribution >= 4 is 33.8 Å². The highest BCUT2D eigenvalue weighted by molar-refractivity contribution is 9.09. The first-order valence-corrected chi connectivity index (χ1v) is 5.08. The number of hydrogen-bond acceptors (Lipinski definition) is 1. The molecule has 0 unspecified atom stereocenters. The van der Waals surface area contributed by atoms with Crippen LogP contribution in [0.15, 0.2) is 18.2 Å². The summed E-state index contributed by atoms with van der Waals surface area (Å²) in [5.74, 6) is 5.63. The van der Waals surface area contributed by atoms with Gasteiger partial charge in [-0.3, -0.25) is 4.79 Å². The van der Waals surface area contributed by atoms with Crippen LogP contribution in [0, 0.1) is 11.8 Å². The van der Waals surface area contributed by atoms with E-state index in [-0.39, 0.29) is 0 Å². The summed E-state index contributed by atoms with van der Waals surface area (Å²) in [5.41, 5.74) is 1.12. The van der Waals surface area contributed by atoms with Gasteiger partial charge in [0.15, 0.2) is 6.29 Å². The van der Waals surface area contributed by atoms with Crippen LogP contribution in [0.5, 0.6) is 0 Å². The van der Waals surface area contributed by atoms with Gasteiger partial charge in [0.2, 0.25) is 0 Å². The molecular formula is C10H6BrClO. The van der Waals surface area contributed by atoms with Gasteiger partial charge in [-0.25, -0.2) is 0 Å². The molecule has 13 heavy (non-hydrogen) atoms. The van der Waals surface area contributed by atoms with Gasteiger partial charge in [-0.2, -0.15) is 0 Å². The smallest absolute Gasteiger partial charge is 0.151 e. The summed E-state index contributed by atoms with van der Waals surface area (Å²) >= 11 is 9.04. The number of carbonyl (C=O) groups excluding carboxylic acids is 1. The highest BCUT2D eigenvalue weighted by Gasteiger charge is 2.01. The predicted molar refractivity (Wildman–Crippen MR) is 57.5 cm³/mol. The van der Waals surface area contributed by atoms with E-state index in [1.54, 1.807) is 18.2 Å². The Morgan fingerprint density at radius 2 is 2.31 bits per heavy atom. The first-order valence-electron chi connectivity index (χ1n) is 3.58. The van der Waals surface area contributed by atoms with Gasteiger partial charge >= 0.3 is 0 Å². The summed E-state index contributed by atoms with van der Waals surface area (Å²) in [6.07, 6.45) is 0.754. The lowest BCUT2D eigenvalue weighted by Gasteiger charge is -1.97. The minimum Gasteiger partial charge on any atom is -0.298 e. The second-order valence-corrected chi connectivity index (χ2v) is 3.23. The van der Waals surface area contributed by atoms with Gasteiger partial charge in [0.05, 0.1) is 15.9 Å². The van der Waals surface area contributed by atoms with Crippen molar-refractivity contribution in [1.29, 1.82) is 0 Å². The van der Waals surface area contributed by atoms with Gasteiger partial charge in [0.1, 0.15) is 0 Å². The van der Waals surface area contributed by atoms with E-state index in [2.05, 4.69) is 27.8 Å². The zero-order valence-electron chi connectivity index (χ0n) is 6.68. The van der Waals surface area contributed by atoms with E-state index >= 15 is 0 Å². The van der Waals surface area contributed by atoms with E-state index in [0.717, 1.165) is 6.29 Å². The molecule has 0 fully saturated rings. The molecule has 0 aromatic heterocycles. The van der Waals surface area contributed by atoms with Gasteiger partial charge in [0.25, 0.3) is 0 Å². The third kappa shape index (κ3) is 2.58. The molecule has 1 aromatic rings. The van der Waals surface area contributed by atoms with Gasteiger partial charge in [-0.15, -0.1) is 0 Å². The number of hydrogen-bond donors (Lipinski definition) is 0. The van der Waals surface area contributed by atoms with Crippen LogP contribution >= 0.6 is 27.5 Å². The largest absolute Gasteiger partial charge is 0.298 e. The Bertz CT molecular complexity index is 376. The molecule has 0 aliphatic rings. The number of benzene rings is 1. The molecule has 0 heterocycles. The minimum absolute atomic E-state index is 0.512. The Hall–Kier alpha value is -0.780. The maximum atomic E-state index is 10.6. The summed E-state index contributed by atoms with van der Waals surface area (Å²) in [4.78, 5) is 10.6. The highest BCUT2D eigenvalue weighted by Crippen LogP contribution is 2.17. The van der Waals surface area contributed by atoms with Gasteiger partial charge in [-0.1, -0.05) is 51.5 Å². The number of carbonyl (C=O) groups is 1. The maximum Gasteiger partial charge on any atom is 0.151 e. The Kier molecular flexibility index (Phi) is 4.01. The van der Waals surface area contributed by atoms with Crippen LogP contribution in [0.2, 0.25) is 5.02 Å². The maximum absolute atomic E-state index is 10.6. The Balaban J connectivity index is 3.22. The number of halogens is 2. The molecule has 0 saturated carbocycles. The van der Waals surface area contributed by atoms with Gasteiger partial charge < -0.3 is 0 Å². The fourth-order valence-corrected chi connectivity index (χ4v) is 1.26. The van der Waals surface area contributed by atoms with Crippen molar-refractivity contribution in [2.24, 2.45) is 0 Å². The molecule has 0 radical (unpaired) electrons. The Labute approximate surface area is 90.2 Å². The van der Waals surface area contributed by atoms with Crippen molar-refractivity contribution in [3.8, 4) is 11.8 Å². The van der Waals surface area contributed by atoms with Crippen LogP contribution in [0.1, 0.15) is 15.9 Å². The molecule has 0 aliphatic heterocycles. The van der Waals surface area contributed by atoms with Crippen molar-refractivity contribution < 1.29 is 4.79 Å². The topological polar surface area (TPSA) is 17.1 Å². The molecule has 0 bridgehead atoms. The van der Waals surface area contributed by atoms with Gasteiger partial charge in [0, 0.05) is 5.56 Å². The van der Waals surface area contributed by atoms with Crippen molar-refractivity contribution in [3.05, 3.63) is 34.3 Å². The third-order valence-electron chi connectivity index (χ3n) is 1.45. The van der Waals surface area contributed by atoms with Crippen LogP contribution in [0.4, 0.5) is 0 Å². The van der Waals surface area contributed by atoms with Crippen LogP contribution in [-0.2, 0) is 0 Å². The van der Waals surface area contributed by atoms with Crippen molar-refractivity contribution in [2.75, 3.05) is 5.33 Å². The van der Waals surface area contributed by atoms with E-state index in [4.69, 9.17) is 11.6 Å². The quantitative estimate of drug-likeness (QED) is 0.429. The monoisotopic (exact) mass is 256 g/mol. The first kappa shape index (κ1) is 10.3. The predicted octanol–water partition coefficient (Wildman–Crippen LogP) is 2.90. The normalized spacial score (nSPS) is 8.77. The van der Waals surface area contributed by atoms with E-state index in [0.29, 0.717) is 21.5 Å². The summed E-state index contributed by atoms with van der Waals surface area (Å²) in [6.45, 7) is 0. The fraction of sp³-hybridized carbons (Fsp3) is 0.100. The highest BCUT2D eigenvalue weighted by atomic mass is 79.9. The summed E-state index contributed by atoms with van der Waals surface area (Å²) in [5, 5.41) is 1.08. The number of aldehydes is 1. The molecule has 1 nitrogen and oxygen atoms in total. The molecule has 0 atom stereocenters. The summed E-state index contributed by atoms with van der Waals surface area (Å²) in [7, 11) is 0. The molecular weight excluding hydrogens is 251 g/mol. The van der Waals surface area contributed by atoms with Crippen LogP contribution in [0.3, 0.4) is 0 Å². The molecule has 1 aromatic carbocycles. The van der Waals surface area contributed by atoms with Crippen molar-refractivity contribution in [2.45, 2.75) is 0 Å². The molecule has 0 spiro atoms. The molecule has 0 aliphatic carbocycles. The average Bonchev–Trinajstić information content (AvgIpc) is 2.15. The molecule has 3 heteroatoms. The lowest BCUT2D eigenvalue weighted by molar-refractivity contribution is 0.112.